The van der Waals surface area contributed by atoms with Crippen LogP contribution in [0.4, 0.5) is 0 Å². The summed E-state index contributed by atoms with van der Waals surface area (Å²) in [6, 6.07) is -0.628. The summed E-state index contributed by atoms with van der Waals surface area (Å²) in [6.07, 6.45) is 104. The summed E-state index contributed by atoms with van der Waals surface area (Å²) in [5.74, 6) is -0.0623. The first-order valence-electron chi connectivity index (χ1n) is 34.6. The number of unbranched alkanes of at least 4 members (excludes halogenated alkanes) is 40. The number of allylic oxidation sites excluding steroid dienone is 17. The summed E-state index contributed by atoms with van der Waals surface area (Å²) in [4.78, 5) is 12.5. The van der Waals surface area contributed by atoms with Crippen LogP contribution in [0.5, 0.6) is 0 Å². The van der Waals surface area contributed by atoms with Gasteiger partial charge in [0.05, 0.1) is 18.8 Å². The van der Waals surface area contributed by atoms with Crippen molar-refractivity contribution in [2.45, 2.75) is 353 Å². The maximum atomic E-state index is 12.5. The summed E-state index contributed by atoms with van der Waals surface area (Å²) in [6.45, 7) is 4.22. The Morgan fingerprint density at radius 3 is 0.835 bits per heavy atom. The first-order valence-corrected chi connectivity index (χ1v) is 34.6. The third-order valence-corrected chi connectivity index (χ3v) is 15.5. The van der Waals surface area contributed by atoms with E-state index in [1.165, 1.54) is 244 Å². The summed E-state index contributed by atoms with van der Waals surface area (Å²) < 4.78 is 0. The van der Waals surface area contributed by atoms with Crippen molar-refractivity contribution in [2.75, 3.05) is 6.61 Å². The molecule has 2 atom stereocenters. The van der Waals surface area contributed by atoms with Crippen molar-refractivity contribution in [3.05, 3.63) is 109 Å². The van der Waals surface area contributed by atoms with Crippen LogP contribution in [0.25, 0.3) is 0 Å². The van der Waals surface area contributed by atoms with Crippen LogP contribution in [0.3, 0.4) is 0 Å². The summed E-state index contributed by atoms with van der Waals surface area (Å²) in [5.41, 5.74) is 0. The number of rotatable bonds is 63. The molecule has 0 aliphatic carbocycles. The van der Waals surface area contributed by atoms with E-state index < -0.39 is 12.1 Å². The average molecular weight is 1100 g/mol. The highest BCUT2D eigenvalue weighted by Crippen LogP contribution is 2.18. The number of nitrogens with one attached hydrogen (secondary N) is 1. The Kier molecular flexibility index (Phi) is 66.7. The largest absolute Gasteiger partial charge is 0.394 e. The van der Waals surface area contributed by atoms with Crippen molar-refractivity contribution in [1.82, 2.24) is 5.32 Å². The number of carbonyl (C=O) groups excluding carboxylic acids is 1. The molecule has 4 heteroatoms. The molecule has 0 saturated carbocycles. The quantitative estimate of drug-likeness (QED) is 0.0420. The number of hydrogen-bond acceptors (Lipinski definition) is 3. The molecular formula is C75H133NO3. The van der Waals surface area contributed by atoms with Gasteiger partial charge in [-0.3, -0.25) is 4.79 Å². The summed E-state index contributed by atoms with van der Waals surface area (Å²) >= 11 is 0. The Morgan fingerprint density at radius 2 is 0.557 bits per heavy atom. The van der Waals surface area contributed by atoms with Crippen molar-refractivity contribution in [2.24, 2.45) is 0 Å². The van der Waals surface area contributed by atoms with Crippen LogP contribution in [-0.2, 0) is 4.79 Å². The van der Waals surface area contributed by atoms with E-state index in [-0.39, 0.29) is 12.5 Å². The molecule has 0 heterocycles. The SMILES string of the molecule is CC/C=C\C/C=C\C/C=C\C/C=C\C/C=C\C/C=C\C/C=C\C/C=C\CCCCCCCCCCCCCCCCCCC(=O)NC(CO)C(O)/C=C/CCCCCCCCCCCCCCCCCCCCCCCCCC. The molecule has 0 bridgehead atoms. The van der Waals surface area contributed by atoms with E-state index in [0.717, 1.165) is 77.0 Å². The molecule has 1 amide bonds. The fourth-order valence-corrected chi connectivity index (χ4v) is 10.3. The normalized spacial score (nSPS) is 13.4. The van der Waals surface area contributed by atoms with E-state index in [1.807, 2.05) is 6.08 Å². The molecule has 0 fully saturated rings. The van der Waals surface area contributed by atoms with Crippen LogP contribution in [0.15, 0.2) is 109 Å². The van der Waals surface area contributed by atoms with Crippen LogP contribution in [0.2, 0.25) is 0 Å². The van der Waals surface area contributed by atoms with E-state index in [4.69, 9.17) is 0 Å². The Bertz CT molecular complexity index is 1480. The molecule has 0 saturated heterocycles. The van der Waals surface area contributed by atoms with Gasteiger partial charge in [-0.05, 0) is 83.5 Å². The summed E-state index contributed by atoms with van der Waals surface area (Å²) in [7, 11) is 0. The molecule has 2 unspecified atom stereocenters. The van der Waals surface area contributed by atoms with Gasteiger partial charge in [0, 0.05) is 6.42 Å². The lowest BCUT2D eigenvalue weighted by atomic mass is 10.0. The third kappa shape index (κ3) is 65.7. The van der Waals surface area contributed by atoms with Crippen LogP contribution in [0, 0.1) is 0 Å². The molecule has 456 valence electrons. The molecular weight excluding hydrogens is 963 g/mol. The minimum Gasteiger partial charge on any atom is -0.394 e. The molecule has 3 N–H and O–H groups in total. The van der Waals surface area contributed by atoms with Crippen molar-refractivity contribution in [3.63, 3.8) is 0 Å². The zero-order chi connectivity index (χ0) is 56.9. The Morgan fingerprint density at radius 1 is 0.316 bits per heavy atom. The van der Waals surface area contributed by atoms with Crippen LogP contribution in [0.1, 0.15) is 341 Å². The van der Waals surface area contributed by atoms with Crippen molar-refractivity contribution in [3.8, 4) is 0 Å². The number of aliphatic hydroxyl groups is 2. The third-order valence-electron chi connectivity index (χ3n) is 15.5. The molecule has 0 aromatic rings. The highest BCUT2D eigenvalue weighted by Gasteiger charge is 2.18. The van der Waals surface area contributed by atoms with Crippen molar-refractivity contribution in [1.29, 1.82) is 0 Å². The maximum Gasteiger partial charge on any atom is 0.220 e. The Labute approximate surface area is 493 Å². The van der Waals surface area contributed by atoms with Crippen LogP contribution in [-0.4, -0.2) is 34.9 Å². The van der Waals surface area contributed by atoms with E-state index in [1.54, 1.807) is 6.08 Å². The second-order valence-corrected chi connectivity index (χ2v) is 23.2. The predicted molar refractivity (Wildman–Crippen MR) is 354 cm³/mol. The van der Waals surface area contributed by atoms with Crippen molar-refractivity contribution >= 4 is 5.91 Å². The van der Waals surface area contributed by atoms with Crippen LogP contribution >= 0.6 is 0 Å². The van der Waals surface area contributed by atoms with Gasteiger partial charge in [-0.1, -0.05) is 361 Å². The molecule has 0 aromatic carbocycles. The smallest absolute Gasteiger partial charge is 0.220 e. The minimum absolute atomic E-state index is 0.0623. The van der Waals surface area contributed by atoms with Gasteiger partial charge in [-0.25, -0.2) is 0 Å². The number of carbonyl (C=O) groups is 1. The van der Waals surface area contributed by atoms with Gasteiger partial charge in [0.25, 0.3) is 0 Å². The van der Waals surface area contributed by atoms with Crippen molar-refractivity contribution < 1.29 is 15.0 Å². The highest BCUT2D eigenvalue weighted by atomic mass is 16.3. The predicted octanol–water partition coefficient (Wildman–Crippen LogP) is 23.8. The van der Waals surface area contributed by atoms with E-state index in [0.29, 0.717) is 6.42 Å². The van der Waals surface area contributed by atoms with E-state index >= 15 is 0 Å². The highest BCUT2D eigenvalue weighted by molar-refractivity contribution is 5.76. The van der Waals surface area contributed by atoms with Gasteiger partial charge in [0.1, 0.15) is 0 Å². The molecule has 0 aromatic heterocycles. The second kappa shape index (κ2) is 69.3. The van der Waals surface area contributed by atoms with Gasteiger partial charge in [0.2, 0.25) is 5.91 Å². The first kappa shape index (κ1) is 76.0. The molecule has 0 radical (unpaired) electrons. The molecule has 0 rings (SSSR count). The van der Waals surface area contributed by atoms with Gasteiger partial charge in [0.15, 0.2) is 0 Å². The average Bonchev–Trinajstić information content (AvgIpc) is 3.45. The van der Waals surface area contributed by atoms with Gasteiger partial charge in [-0.2, -0.15) is 0 Å². The zero-order valence-electron chi connectivity index (χ0n) is 52.6. The van der Waals surface area contributed by atoms with E-state index in [2.05, 4.69) is 116 Å². The fourth-order valence-electron chi connectivity index (χ4n) is 10.3. The molecule has 4 nitrogen and oxygen atoms in total. The maximum absolute atomic E-state index is 12.5. The van der Waals surface area contributed by atoms with E-state index in [9.17, 15) is 15.0 Å². The molecule has 79 heavy (non-hydrogen) atoms. The monoisotopic (exact) mass is 1100 g/mol. The minimum atomic E-state index is -0.845. The number of aliphatic hydroxyl groups excluding tert-OH is 2. The Hall–Kier alpha value is -2.95. The molecule has 0 spiro atoms. The molecule has 0 aliphatic rings. The molecule has 0 aliphatic heterocycles. The fraction of sp³-hybridized carbons (Fsp3) is 0.747. The topological polar surface area (TPSA) is 69.6 Å². The lowest BCUT2D eigenvalue weighted by Crippen LogP contribution is -2.45. The van der Waals surface area contributed by atoms with Crippen LogP contribution < -0.4 is 5.32 Å². The lowest BCUT2D eigenvalue weighted by Gasteiger charge is -2.20. The summed E-state index contributed by atoms with van der Waals surface area (Å²) in [5, 5.41) is 23.3. The number of amides is 1. The lowest BCUT2D eigenvalue weighted by molar-refractivity contribution is -0.123. The van der Waals surface area contributed by atoms with Gasteiger partial charge in [-0.15, -0.1) is 0 Å². The zero-order valence-corrected chi connectivity index (χ0v) is 52.6. The standard InChI is InChI=1S/C75H133NO3/c1-3-5-7-9-11-13-15-17-19-21-23-25-27-29-31-32-33-34-35-36-37-38-39-40-41-42-43-44-45-47-49-51-53-55-57-59-61-63-65-67-69-71-75(79)76-73(72-77)74(78)70-68-66-64-62-60-58-56-54-52-50-48-46-30-28-26-24-22-20-18-16-14-12-10-8-6-4-2/h5,7,11,13,17,19,23,25,29,31,33-34,36-37,39-40,68,70,73-74,77-78H,3-4,6,8-10,12,14-16,18,20-22,24,26-28,30,32,35,38,41-67,69,71-72H2,1-2H3,(H,76,79)/b7-5-,13-11-,19-17-,25-23-,31-29-,34-33-,37-36-,40-39-,70-68+. The van der Waals surface area contributed by atoms with Gasteiger partial charge < -0.3 is 15.5 Å². The Balaban J connectivity index is 3.50. The first-order chi connectivity index (χ1) is 39.2. The second-order valence-electron chi connectivity index (χ2n) is 23.2. The number of hydrogen-bond donors (Lipinski definition) is 3. The van der Waals surface area contributed by atoms with Gasteiger partial charge >= 0.3 is 0 Å².